The number of piperazine rings is 1. The van der Waals surface area contributed by atoms with Crippen molar-refractivity contribution in [2.45, 2.75) is 31.7 Å². The molecule has 0 radical (unpaired) electrons. The number of hydrogen-bond donors (Lipinski definition) is 1. The van der Waals surface area contributed by atoms with Crippen LogP contribution in [0.25, 0.3) is 0 Å². The van der Waals surface area contributed by atoms with Gasteiger partial charge in [-0.25, -0.2) is 4.39 Å². The summed E-state index contributed by atoms with van der Waals surface area (Å²) in [4.78, 5) is 16.5. The summed E-state index contributed by atoms with van der Waals surface area (Å²) >= 11 is 0. The van der Waals surface area contributed by atoms with Crippen molar-refractivity contribution in [1.82, 2.24) is 4.90 Å². The van der Waals surface area contributed by atoms with Crippen LogP contribution in [-0.2, 0) is 4.79 Å². The average Bonchev–Trinajstić information content (AvgIpc) is 2.55. The standard InChI is InChI=1S/C17H24FN3O.2ClH/c18-15-6-1-2-7-16(15)20-8-10-21(11-9-20)17(22)13-4-3-5-14(19)12-13;;/h1-2,6-7,13-14H,3-5,8-12,19H2;2*1H. The Hall–Kier alpha value is -1.04. The van der Waals surface area contributed by atoms with Crippen LogP contribution in [0.3, 0.4) is 0 Å². The molecule has 2 unspecified atom stereocenters. The highest BCUT2D eigenvalue weighted by molar-refractivity contribution is 5.85. The maximum absolute atomic E-state index is 13.8. The van der Waals surface area contributed by atoms with Crippen LogP contribution in [0.4, 0.5) is 10.1 Å². The number of amides is 1. The van der Waals surface area contributed by atoms with Gasteiger partial charge in [-0.05, 0) is 31.4 Å². The molecule has 1 heterocycles. The summed E-state index contributed by atoms with van der Waals surface area (Å²) in [5.41, 5.74) is 6.62. The summed E-state index contributed by atoms with van der Waals surface area (Å²) in [6, 6.07) is 7.00. The third-order valence-electron chi connectivity index (χ3n) is 4.85. The van der Waals surface area contributed by atoms with E-state index in [1.807, 2.05) is 15.9 Å². The minimum Gasteiger partial charge on any atom is -0.366 e. The van der Waals surface area contributed by atoms with Crippen LogP contribution in [0.2, 0.25) is 0 Å². The van der Waals surface area contributed by atoms with Gasteiger partial charge in [0.05, 0.1) is 5.69 Å². The highest BCUT2D eigenvalue weighted by Gasteiger charge is 2.31. The first-order chi connectivity index (χ1) is 10.6. The van der Waals surface area contributed by atoms with Gasteiger partial charge in [-0.3, -0.25) is 4.79 Å². The predicted molar refractivity (Wildman–Crippen MR) is 99.6 cm³/mol. The van der Waals surface area contributed by atoms with Gasteiger partial charge in [0.1, 0.15) is 5.82 Å². The van der Waals surface area contributed by atoms with Crippen molar-refractivity contribution in [2.24, 2.45) is 11.7 Å². The molecule has 24 heavy (non-hydrogen) atoms. The van der Waals surface area contributed by atoms with Gasteiger partial charge in [0.15, 0.2) is 0 Å². The van der Waals surface area contributed by atoms with E-state index in [0.717, 1.165) is 25.7 Å². The van der Waals surface area contributed by atoms with Crippen molar-refractivity contribution < 1.29 is 9.18 Å². The van der Waals surface area contributed by atoms with Gasteiger partial charge in [0.25, 0.3) is 0 Å². The Morgan fingerprint density at radius 1 is 1.08 bits per heavy atom. The molecule has 3 rings (SSSR count). The molecular weight excluding hydrogens is 352 g/mol. The summed E-state index contributed by atoms with van der Waals surface area (Å²) in [5, 5.41) is 0. The van der Waals surface area contributed by atoms with Gasteiger partial charge in [-0.1, -0.05) is 18.6 Å². The van der Waals surface area contributed by atoms with E-state index in [1.54, 1.807) is 12.1 Å². The van der Waals surface area contributed by atoms with Crippen molar-refractivity contribution in [3.8, 4) is 0 Å². The molecule has 1 saturated heterocycles. The van der Waals surface area contributed by atoms with Gasteiger partial charge < -0.3 is 15.5 Å². The number of nitrogens with two attached hydrogens (primary N) is 1. The van der Waals surface area contributed by atoms with E-state index >= 15 is 0 Å². The van der Waals surface area contributed by atoms with Gasteiger partial charge in [0.2, 0.25) is 5.91 Å². The lowest BCUT2D eigenvalue weighted by atomic mass is 9.85. The summed E-state index contributed by atoms with van der Waals surface area (Å²) in [6.45, 7) is 2.70. The largest absolute Gasteiger partial charge is 0.366 e. The fraction of sp³-hybridized carbons (Fsp3) is 0.588. The zero-order valence-electron chi connectivity index (χ0n) is 13.7. The number of nitrogens with zero attached hydrogens (tertiary/aromatic N) is 2. The van der Waals surface area contributed by atoms with Crippen molar-refractivity contribution in [2.75, 3.05) is 31.1 Å². The molecule has 4 nitrogen and oxygen atoms in total. The second-order valence-corrected chi connectivity index (χ2v) is 6.39. The first kappa shape index (κ1) is 21.0. The van der Waals surface area contributed by atoms with Crippen LogP contribution in [0.15, 0.2) is 24.3 Å². The fourth-order valence-corrected chi connectivity index (χ4v) is 3.59. The van der Waals surface area contributed by atoms with E-state index in [4.69, 9.17) is 5.73 Å². The highest BCUT2D eigenvalue weighted by Crippen LogP contribution is 2.26. The smallest absolute Gasteiger partial charge is 0.225 e. The van der Waals surface area contributed by atoms with E-state index in [2.05, 4.69) is 0 Å². The molecule has 136 valence electrons. The molecule has 2 N–H and O–H groups in total. The SMILES string of the molecule is Cl.Cl.NC1CCCC(C(=O)N2CCN(c3ccccc3F)CC2)C1. The zero-order chi connectivity index (χ0) is 15.5. The minimum absolute atomic E-state index is 0. The molecule has 1 amide bonds. The third kappa shape index (κ3) is 4.74. The summed E-state index contributed by atoms with van der Waals surface area (Å²) in [6.07, 6.45) is 3.85. The van der Waals surface area contributed by atoms with Crippen molar-refractivity contribution in [3.05, 3.63) is 30.1 Å². The number of anilines is 1. The summed E-state index contributed by atoms with van der Waals surface area (Å²) < 4.78 is 13.8. The summed E-state index contributed by atoms with van der Waals surface area (Å²) in [5.74, 6) is 0.132. The number of hydrogen-bond acceptors (Lipinski definition) is 3. The maximum atomic E-state index is 13.8. The van der Waals surface area contributed by atoms with E-state index < -0.39 is 0 Å². The van der Waals surface area contributed by atoms with E-state index in [1.165, 1.54) is 6.07 Å². The average molecular weight is 378 g/mol. The molecule has 2 aliphatic rings. The molecule has 1 aliphatic heterocycles. The first-order valence-electron chi connectivity index (χ1n) is 8.19. The Labute approximate surface area is 155 Å². The number of para-hydroxylation sites is 1. The van der Waals surface area contributed by atoms with Crippen molar-refractivity contribution in [1.29, 1.82) is 0 Å². The predicted octanol–water partition coefficient (Wildman–Crippen LogP) is 2.84. The Morgan fingerprint density at radius 3 is 2.38 bits per heavy atom. The Balaban J connectivity index is 0.00000144. The van der Waals surface area contributed by atoms with Crippen molar-refractivity contribution >= 4 is 36.4 Å². The van der Waals surface area contributed by atoms with Crippen LogP contribution in [0.5, 0.6) is 0 Å². The van der Waals surface area contributed by atoms with Crippen molar-refractivity contribution in [3.63, 3.8) is 0 Å². The highest BCUT2D eigenvalue weighted by atomic mass is 35.5. The zero-order valence-corrected chi connectivity index (χ0v) is 15.3. The van der Waals surface area contributed by atoms with Crippen LogP contribution in [0.1, 0.15) is 25.7 Å². The molecule has 1 aromatic rings. The molecule has 7 heteroatoms. The monoisotopic (exact) mass is 377 g/mol. The van der Waals surface area contributed by atoms with Gasteiger partial charge in [-0.2, -0.15) is 0 Å². The lowest BCUT2D eigenvalue weighted by Gasteiger charge is -2.38. The van der Waals surface area contributed by atoms with Crippen LogP contribution in [0, 0.1) is 11.7 Å². The number of carbonyl (C=O) groups excluding carboxylic acids is 1. The normalized spacial score (nSPS) is 23.9. The molecule has 1 aromatic carbocycles. The molecule has 2 fully saturated rings. The maximum Gasteiger partial charge on any atom is 0.225 e. The van der Waals surface area contributed by atoms with E-state index in [9.17, 15) is 9.18 Å². The second-order valence-electron chi connectivity index (χ2n) is 6.39. The van der Waals surface area contributed by atoms with E-state index in [-0.39, 0.29) is 48.5 Å². The number of halogens is 3. The Morgan fingerprint density at radius 2 is 1.75 bits per heavy atom. The fourth-order valence-electron chi connectivity index (χ4n) is 3.59. The quantitative estimate of drug-likeness (QED) is 0.861. The molecule has 1 saturated carbocycles. The molecule has 0 aromatic heterocycles. The van der Waals surface area contributed by atoms with Crippen LogP contribution >= 0.6 is 24.8 Å². The van der Waals surface area contributed by atoms with Gasteiger partial charge in [0, 0.05) is 38.1 Å². The number of carbonyl (C=O) groups is 1. The molecule has 0 spiro atoms. The molecule has 2 atom stereocenters. The number of rotatable bonds is 2. The summed E-state index contributed by atoms with van der Waals surface area (Å²) in [7, 11) is 0. The minimum atomic E-state index is -0.194. The van der Waals surface area contributed by atoms with Crippen LogP contribution < -0.4 is 10.6 Å². The second kappa shape index (κ2) is 9.44. The lowest BCUT2D eigenvalue weighted by Crippen LogP contribution is -2.51. The van der Waals surface area contributed by atoms with Gasteiger partial charge >= 0.3 is 0 Å². The third-order valence-corrected chi connectivity index (χ3v) is 4.85. The molecular formula is C17H26Cl2FN3O. The molecule has 0 bridgehead atoms. The lowest BCUT2D eigenvalue weighted by molar-refractivity contribution is -0.137. The number of benzene rings is 1. The van der Waals surface area contributed by atoms with Crippen LogP contribution in [-0.4, -0.2) is 43.0 Å². The topological polar surface area (TPSA) is 49.6 Å². The van der Waals surface area contributed by atoms with E-state index in [0.29, 0.717) is 31.9 Å². The Bertz CT molecular complexity index is 538. The van der Waals surface area contributed by atoms with Gasteiger partial charge in [-0.15, -0.1) is 24.8 Å². The first-order valence-corrected chi connectivity index (χ1v) is 8.19. The Kier molecular flexibility index (Phi) is 8.27. The molecule has 1 aliphatic carbocycles.